The Labute approximate surface area is 149 Å². The molecule has 1 aromatic carbocycles. The van der Waals surface area contributed by atoms with E-state index in [1.165, 1.54) is 5.56 Å². The Balaban J connectivity index is 1.61. The molecule has 5 heteroatoms. The quantitative estimate of drug-likeness (QED) is 0.879. The van der Waals surface area contributed by atoms with Crippen LogP contribution in [0, 0.1) is 18.3 Å². The molecule has 0 unspecified atom stereocenters. The summed E-state index contributed by atoms with van der Waals surface area (Å²) in [7, 11) is 0. The Hall–Kier alpha value is -2.14. The number of likely N-dealkylation sites (tertiary alicyclic amines) is 1. The molecule has 5 nitrogen and oxygen atoms in total. The molecule has 134 valence electrons. The van der Waals surface area contributed by atoms with Crippen molar-refractivity contribution in [3.8, 4) is 0 Å². The highest BCUT2D eigenvalue weighted by Crippen LogP contribution is 2.31. The number of nitrogens with two attached hydrogens (primary N) is 1. The molecule has 1 saturated heterocycles. The van der Waals surface area contributed by atoms with Crippen LogP contribution in [0.2, 0.25) is 0 Å². The summed E-state index contributed by atoms with van der Waals surface area (Å²) in [6.45, 7) is 9.37. The molecule has 0 atom stereocenters. The standard InChI is InChI=1S/C20H28N4O/c1-15-18(10-22-24(15)13-16-7-5-4-6-8-16)19(25)23-11-17(12-23)9-20(2,3)14-21/h4-8,10,17H,9,11-14,21H2,1-3H3. The smallest absolute Gasteiger partial charge is 0.257 e. The molecule has 1 aliphatic heterocycles. The van der Waals surface area contributed by atoms with Gasteiger partial charge in [0.05, 0.1) is 18.3 Å². The molecule has 0 saturated carbocycles. The minimum absolute atomic E-state index is 0.0959. The highest BCUT2D eigenvalue weighted by atomic mass is 16.2. The highest BCUT2D eigenvalue weighted by molar-refractivity contribution is 5.95. The molecular weight excluding hydrogens is 312 g/mol. The van der Waals surface area contributed by atoms with Crippen molar-refractivity contribution >= 4 is 5.91 Å². The Morgan fingerprint density at radius 2 is 1.96 bits per heavy atom. The maximum Gasteiger partial charge on any atom is 0.257 e. The van der Waals surface area contributed by atoms with Gasteiger partial charge in [0.15, 0.2) is 0 Å². The van der Waals surface area contributed by atoms with Crippen molar-refractivity contribution in [3.05, 3.63) is 53.3 Å². The molecule has 25 heavy (non-hydrogen) atoms. The fraction of sp³-hybridized carbons (Fsp3) is 0.500. The molecule has 1 fully saturated rings. The molecule has 0 bridgehead atoms. The fourth-order valence-electron chi connectivity index (χ4n) is 3.47. The zero-order valence-electron chi connectivity index (χ0n) is 15.4. The van der Waals surface area contributed by atoms with Crippen LogP contribution in [0.25, 0.3) is 0 Å². The average Bonchev–Trinajstić information content (AvgIpc) is 2.92. The predicted octanol–water partition coefficient (Wildman–Crippen LogP) is 2.69. The lowest BCUT2D eigenvalue weighted by Crippen LogP contribution is -2.51. The first kappa shape index (κ1) is 17.7. The third-order valence-electron chi connectivity index (χ3n) is 5.15. The zero-order valence-corrected chi connectivity index (χ0v) is 15.4. The van der Waals surface area contributed by atoms with Gasteiger partial charge in [-0.2, -0.15) is 5.10 Å². The van der Waals surface area contributed by atoms with Crippen LogP contribution in [0.3, 0.4) is 0 Å². The van der Waals surface area contributed by atoms with Crippen molar-refractivity contribution in [3.63, 3.8) is 0 Å². The number of amides is 1. The monoisotopic (exact) mass is 340 g/mol. The van der Waals surface area contributed by atoms with Crippen LogP contribution in [0.15, 0.2) is 36.5 Å². The lowest BCUT2D eigenvalue weighted by atomic mass is 9.79. The highest BCUT2D eigenvalue weighted by Gasteiger charge is 2.35. The van der Waals surface area contributed by atoms with E-state index < -0.39 is 0 Å². The van der Waals surface area contributed by atoms with E-state index in [0.717, 1.165) is 25.2 Å². The summed E-state index contributed by atoms with van der Waals surface area (Å²) < 4.78 is 1.90. The van der Waals surface area contributed by atoms with E-state index in [9.17, 15) is 4.79 Å². The first-order chi connectivity index (χ1) is 11.9. The number of hydrogen-bond acceptors (Lipinski definition) is 3. The second kappa shape index (κ2) is 7.00. The van der Waals surface area contributed by atoms with E-state index in [2.05, 4.69) is 31.1 Å². The van der Waals surface area contributed by atoms with Crippen molar-refractivity contribution in [2.45, 2.75) is 33.7 Å². The van der Waals surface area contributed by atoms with E-state index in [1.807, 2.05) is 34.7 Å². The number of rotatable bonds is 6. The second-order valence-electron chi connectivity index (χ2n) is 7.94. The number of carbonyl (C=O) groups excluding carboxylic acids is 1. The van der Waals surface area contributed by atoms with Crippen molar-refractivity contribution in [1.29, 1.82) is 0 Å². The van der Waals surface area contributed by atoms with Crippen molar-refractivity contribution in [1.82, 2.24) is 14.7 Å². The van der Waals surface area contributed by atoms with Crippen molar-refractivity contribution < 1.29 is 4.79 Å². The lowest BCUT2D eigenvalue weighted by Gasteiger charge is -2.42. The van der Waals surface area contributed by atoms with Crippen LogP contribution in [0.1, 0.15) is 41.9 Å². The van der Waals surface area contributed by atoms with Crippen molar-refractivity contribution in [2.24, 2.45) is 17.1 Å². The molecule has 1 amide bonds. The molecule has 2 aromatic rings. The Morgan fingerprint density at radius 3 is 2.60 bits per heavy atom. The number of carbonyl (C=O) groups is 1. The number of hydrogen-bond donors (Lipinski definition) is 1. The number of nitrogens with zero attached hydrogens (tertiary/aromatic N) is 3. The van der Waals surface area contributed by atoms with Crippen LogP contribution in [-0.4, -0.2) is 40.2 Å². The summed E-state index contributed by atoms with van der Waals surface area (Å²) in [6.07, 6.45) is 2.78. The fourth-order valence-corrected chi connectivity index (χ4v) is 3.47. The van der Waals surface area contributed by atoms with Gasteiger partial charge >= 0.3 is 0 Å². The van der Waals surface area contributed by atoms with Gasteiger partial charge in [0.1, 0.15) is 0 Å². The summed E-state index contributed by atoms with van der Waals surface area (Å²) in [5.41, 5.74) is 8.79. The van der Waals surface area contributed by atoms with Crippen LogP contribution in [-0.2, 0) is 6.54 Å². The zero-order chi connectivity index (χ0) is 18.0. The van der Waals surface area contributed by atoms with Gasteiger partial charge in [-0.05, 0) is 36.8 Å². The Morgan fingerprint density at radius 1 is 1.28 bits per heavy atom. The molecule has 1 aromatic heterocycles. The molecular formula is C20H28N4O. The van der Waals surface area contributed by atoms with E-state index in [4.69, 9.17) is 5.73 Å². The van der Waals surface area contributed by atoms with E-state index in [0.29, 0.717) is 24.6 Å². The molecule has 3 rings (SSSR count). The molecule has 1 aliphatic rings. The van der Waals surface area contributed by atoms with Gasteiger partial charge in [-0.3, -0.25) is 9.48 Å². The number of benzene rings is 1. The molecule has 2 heterocycles. The van der Waals surface area contributed by atoms with Crippen LogP contribution in [0.5, 0.6) is 0 Å². The van der Waals surface area contributed by atoms with Gasteiger partial charge in [-0.1, -0.05) is 44.2 Å². The molecule has 0 spiro atoms. The molecule has 0 radical (unpaired) electrons. The van der Waals surface area contributed by atoms with Crippen molar-refractivity contribution in [2.75, 3.05) is 19.6 Å². The lowest BCUT2D eigenvalue weighted by molar-refractivity contribution is 0.0406. The summed E-state index contributed by atoms with van der Waals surface area (Å²) in [5.74, 6) is 0.654. The molecule has 0 aliphatic carbocycles. The summed E-state index contributed by atoms with van der Waals surface area (Å²) in [4.78, 5) is 14.7. The van der Waals surface area contributed by atoms with Gasteiger partial charge < -0.3 is 10.6 Å². The first-order valence-corrected chi connectivity index (χ1v) is 8.95. The predicted molar refractivity (Wildman–Crippen MR) is 99.4 cm³/mol. The summed E-state index contributed by atoms with van der Waals surface area (Å²) in [5, 5.41) is 4.42. The number of aromatic nitrogens is 2. The van der Waals surface area contributed by atoms with E-state index >= 15 is 0 Å². The maximum atomic E-state index is 12.7. The largest absolute Gasteiger partial charge is 0.338 e. The first-order valence-electron chi connectivity index (χ1n) is 8.95. The third kappa shape index (κ3) is 3.93. The van der Waals surface area contributed by atoms with Crippen LogP contribution in [0.4, 0.5) is 0 Å². The second-order valence-corrected chi connectivity index (χ2v) is 7.94. The summed E-state index contributed by atoms with van der Waals surface area (Å²) in [6, 6.07) is 10.2. The maximum absolute atomic E-state index is 12.7. The minimum atomic E-state index is 0.0959. The average molecular weight is 340 g/mol. The van der Waals surface area contributed by atoms with Gasteiger partial charge in [0.25, 0.3) is 5.91 Å². The van der Waals surface area contributed by atoms with Crippen LogP contribution >= 0.6 is 0 Å². The topological polar surface area (TPSA) is 64.2 Å². The minimum Gasteiger partial charge on any atom is -0.338 e. The Bertz CT molecular complexity index is 729. The Kier molecular flexibility index (Phi) is 4.95. The molecule has 2 N–H and O–H groups in total. The van der Waals surface area contributed by atoms with Crippen LogP contribution < -0.4 is 5.73 Å². The van der Waals surface area contributed by atoms with E-state index in [-0.39, 0.29) is 11.3 Å². The SMILES string of the molecule is Cc1c(C(=O)N2CC(CC(C)(C)CN)C2)cnn1Cc1ccccc1. The third-order valence-corrected chi connectivity index (χ3v) is 5.15. The van der Waals surface area contributed by atoms with Gasteiger partial charge in [0, 0.05) is 18.8 Å². The van der Waals surface area contributed by atoms with Gasteiger partial charge in [-0.25, -0.2) is 0 Å². The summed E-state index contributed by atoms with van der Waals surface area (Å²) >= 11 is 0. The normalized spacial score (nSPS) is 15.3. The van der Waals surface area contributed by atoms with E-state index in [1.54, 1.807) is 6.20 Å². The van der Waals surface area contributed by atoms with Gasteiger partial charge in [0.2, 0.25) is 0 Å². The van der Waals surface area contributed by atoms with Gasteiger partial charge in [-0.15, -0.1) is 0 Å².